The Morgan fingerprint density at radius 3 is 2.74 bits per heavy atom. The van der Waals surface area contributed by atoms with E-state index in [4.69, 9.17) is 4.74 Å². The Bertz CT molecular complexity index is 632. The highest BCUT2D eigenvalue weighted by Gasteiger charge is 2.20. The third-order valence-corrected chi connectivity index (χ3v) is 3.15. The van der Waals surface area contributed by atoms with Gasteiger partial charge in [0.15, 0.2) is 0 Å². The Hall–Kier alpha value is -2.50. The molecule has 0 aliphatic rings. The van der Waals surface area contributed by atoms with Gasteiger partial charge >= 0.3 is 6.09 Å². The van der Waals surface area contributed by atoms with Gasteiger partial charge in [0, 0.05) is 18.9 Å². The van der Waals surface area contributed by atoms with Crippen LogP contribution in [0.3, 0.4) is 0 Å². The number of rotatable bonds is 5. The summed E-state index contributed by atoms with van der Waals surface area (Å²) in [4.78, 5) is 20.7. The number of benzene rings is 1. The number of para-hydroxylation sites is 1. The van der Waals surface area contributed by atoms with Gasteiger partial charge in [-0.3, -0.25) is 0 Å². The number of anilines is 1. The highest BCUT2D eigenvalue weighted by atomic mass is 16.6. The van der Waals surface area contributed by atoms with Gasteiger partial charge < -0.3 is 19.9 Å². The second-order valence-corrected chi connectivity index (χ2v) is 6.42. The van der Waals surface area contributed by atoms with Crippen molar-refractivity contribution in [1.82, 2.24) is 14.9 Å². The third kappa shape index (κ3) is 5.32. The zero-order valence-electron chi connectivity index (χ0n) is 14.1. The van der Waals surface area contributed by atoms with Crippen LogP contribution in [-0.4, -0.2) is 33.6 Å². The Balaban J connectivity index is 2.00. The van der Waals surface area contributed by atoms with Crippen LogP contribution in [0.2, 0.25) is 0 Å². The number of hydrogen-bond donors (Lipinski definition) is 2. The monoisotopic (exact) mass is 316 g/mol. The second kappa shape index (κ2) is 7.17. The molecule has 0 fully saturated rings. The summed E-state index contributed by atoms with van der Waals surface area (Å²) in [6.45, 7) is 6.70. The summed E-state index contributed by atoms with van der Waals surface area (Å²) in [5.74, 6) is 0. The normalized spacial score (nSPS) is 11.1. The van der Waals surface area contributed by atoms with Crippen molar-refractivity contribution in [3.05, 3.63) is 48.0 Å². The summed E-state index contributed by atoms with van der Waals surface area (Å²) in [6, 6.07) is 7.91. The molecule has 6 nitrogen and oxygen atoms in total. The van der Waals surface area contributed by atoms with Gasteiger partial charge in [-0.15, -0.1) is 0 Å². The smallest absolute Gasteiger partial charge is 0.410 e. The van der Waals surface area contributed by atoms with E-state index in [0.717, 1.165) is 16.9 Å². The zero-order valence-corrected chi connectivity index (χ0v) is 14.1. The maximum absolute atomic E-state index is 12.1. The standard InChI is InChI=1S/C17H24N4O2/c1-17(2,3)23-16(22)21(4)11-13-7-5-6-8-15(13)19-10-14-9-18-12-20-14/h5-9,12,19H,10-11H2,1-4H3,(H,18,20). The molecule has 124 valence electrons. The molecule has 1 aromatic carbocycles. The highest BCUT2D eigenvalue weighted by molar-refractivity contribution is 5.68. The minimum Gasteiger partial charge on any atom is -0.444 e. The quantitative estimate of drug-likeness (QED) is 0.887. The molecule has 0 saturated heterocycles. The van der Waals surface area contributed by atoms with Gasteiger partial charge in [0.05, 0.1) is 25.1 Å². The van der Waals surface area contributed by atoms with E-state index in [9.17, 15) is 4.79 Å². The molecule has 0 saturated carbocycles. The molecule has 2 N–H and O–H groups in total. The summed E-state index contributed by atoms with van der Waals surface area (Å²) in [7, 11) is 1.74. The van der Waals surface area contributed by atoms with Gasteiger partial charge in [-0.1, -0.05) is 18.2 Å². The van der Waals surface area contributed by atoms with E-state index >= 15 is 0 Å². The fourth-order valence-corrected chi connectivity index (χ4v) is 2.06. The Morgan fingerprint density at radius 1 is 1.35 bits per heavy atom. The number of H-pyrrole nitrogens is 1. The molecule has 0 aliphatic heterocycles. The number of carbonyl (C=O) groups is 1. The van der Waals surface area contributed by atoms with Gasteiger partial charge in [-0.05, 0) is 32.4 Å². The molecule has 0 radical (unpaired) electrons. The first-order valence-corrected chi connectivity index (χ1v) is 7.58. The topological polar surface area (TPSA) is 70.2 Å². The molecule has 0 unspecified atom stereocenters. The van der Waals surface area contributed by atoms with E-state index in [1.165, 1.54) is 0 Å². The molecule has 0 spiro atoms. The van der Waals surface area contributed by atoms with Crippen LogP contribution in [0, 0.1) is 0 Å². The van der Waals surface area contributed by atoms with Crippen molar-refractivity contribution >= 4 is 11.8 Å². The summed E-state index contributed by atoms with van der Waals surface area (Å²) in [5, 5.41) is 3.36. The number of ether oxygens (including phenoxy) is 1. The molecule has 0 atom stereocenters. The van der Waals surface area contributed by atoms with E-state index in [0.29, 0.717) is 13.1 Å². The number of aromatic amines is 1. The maximum Gasteiger partial charge on any atom is 0.410 e. The summed E-state index contributed by atoms with van der Waals surface area (Å²) >= 11 is 0. The molecular formula is C17H24N4O2. The predicted octanol–water partition coefficient (Wildman–Crippen LogP) is 3.39. The first kappa shape index (κ1) is 16.9. The van der Waals surface area contributed by atoms with E-state index in [2.05, 4.69) is 15.3 Å². The van der Waals surface area contributed by atoms with Crippen molar-refractivity contribution in [2.24, 2.45) is 0 Å². The van der Waals surface area contributed by atoms with E-state index < -0.39 is 5.60 Å². The minimum absolute atomic E-state index is 0.333. The van der Waals surface area contributed by atoms with Crippen molar-refractivity contribution < 1.29 is 9.53 Å². The minimum atomic E-state index is -0.496. The third-order valence-electron chi connectivity index (χ3n) is 3.15. The molecule has 6 heteroatoms. The number of nitrogens with zero attached hydrogens (tertiary/aromatic N) is 2. The van der Waals surface area contributed by atoms with Crippen molar-refractivity contribution in [3.63, 3.8) is 0 Å². The first-order chi connectivity index (χ1) is 10.8. The highest BCUT2D eigenvalue weighted by Crippen LogP contribution is 2.19. The number of nitrogens with one attached hydrogen (secondary N) is 2. The van der Waals surface area contributed by atoms with Gasteiger partial charge in [-0.2, -0.15) is 0 Å². The van der Waals surface area contributed by atoms with Crippen molar-refractivity contribution in [1.29, 1.82) is 0 Å². The molecule has 2 rings (SSSR count). The lowest BCUT2D eigenvalue weighted by Gasteiger charge is -2.25. The predicted molar refractivity (Wildman–Crippen MR) is 90.1 cm³/mol. The van der Waals surface area contributed by atoms with Crippen molar-refractivity contribution in [2.45, 2.75) is 39.5 Å². The van der Waals surface area contributed by atoms with Crippen LogP contribution in [0.15, 0.2) is 36.8 Å². The number of carbonyl (C=O) groups excluding carboxylic acids is 1. The largest absolute Gasteiger partial charge is 0.444 e. The fraction of sp³-hybridized carbons (Fsp3) is 0.412. The molecular weight excluding hydrogens is 292 g/mol. The zero-order chi connectivity index (χ0) is 16.9. The van der Waals surface area contributed by atoms with Gasteiger partial charge in [-0.25, -0.2) is 9.78 Å². The van der Waals surface area contributed by atoms with E-state index in [1.54, 1.807) is 24.5 Å². The molecule has 0 aliphatic carbocycles. The van der Waals surface area contributed by atoms with Crippen LogP contribution in [0.4, 0.5) is 10.5 Å². The van der Waals surface area contributed by atoms with E-state index in [-0.39, 0.29) is 6.09 Å². The SMILES string of the molecule is CN(Cc1ccccc1NCc1cnc[nH]1)C(=O)OC(C)(C)C. The average molecular weight is 316 g/mol. The Kier molecular flexibility index (Phi) is 5.26. The fourth-order valence-electron chi connectivity index (χ4n) is 2.06. The molecule has 0 bridgehead atoms. The van der Waals surface area contributed by atoms with Crippen LogP contribution < -0.4 is 5.32 Å². The molecule has 1 aromatic heterocycles. The molecule has 1 heterocycles. The summed E-state index contributed by atoms with van der Waals surface area (Å²) in [6.07, 6.45) is 3.10. The van der Waals surface area contributed by atoms with Crippen LogP contribution in [0.25, 0.3) is 0 Å². The molecule has 1 amide bonds. The lowest BCUT2D eigenvalue weighted by molar-refractivity contribution is 0.0285. The molecule has 2 aromatic rings. The van der Waals surface area contributed by atoms with Crippen LogP contribution >= 0.6 is 0 Å². The lowest BCUT2D eigenvalue weighted by atomic mass is 10.1. The van der Waals surface area contributed by atoms with Crippen molar-refractivity contribution in [2.75, 3.05) is 12.4 Å². The number of aromatic nitrogens is 2. The Morgan fingerprint density at radius 2 is 2.09 bits per heavy atom. The Labute approximate surface area is 136 Å². The van der Waals surface area contributed by atoms with Gasteiger partial charge in [0.2, 0.25) is 0 Å². The van der Waals surface area contributed by atoms with E-state index in [1.807, 2.05) is 45.0 Å². The van der Waals surface area contributed by atoms with Crippen LogP contribution in [0.5, 0.6) is 0 Å². The summed E-state index contributed by atoms with van der Waals surface area (Å²) in [5.41, 5.74) is 2.52. The maximum atomic E-state index is 12.1. The number of hydrogen-bond acceptors (Lipinski definition) is 4. The second-order valence-electron chi connectivity index (χ2n) is 6.42. The van der Waals surface area contributed by atoms with Crippen molar-refractivity contribution in [3.8, 4) is 0 Å². The van der Waals surface area contributed by atoms with Gasteiger partial charge in [0.1, 0.15) is 5.60 Å². The van der Waals surface area contributed by atoms with Crippen LogP contribution in [-0.2, 0) is 17.8 Å². The lowest BCUT2D eigenvalue weighted by Crippen LogP contribution is -2.33. The number of imidazole rings is 1. The summed E-state index contributed by atoms with van der Waals surface area (Å²) < 4.78 is 5.38. The first-order valence-electron chi connectivity index (χ1n) is 7.58. The van der Waals surface area contributed by atoms with Crippen LogP contribution in [0.1, 0.15) is 32.0 Å². The average Bonchev–Trinajstić information content (AvgIpc) is 2.98. The molecule has 23 heavy (non-hydrogen) atoms. The number of amides is 1. The van der Waals surface area contributed by atoms with Gasteiger partial charge in [0.25, 0.3) is 0 Å².